The van der Waals surface area contributed by atoms with Crippen molar-refractivity contribution in [1.82, 2.24) is 4.90 Å². The van der Waals surface area contributed by atoms with Crippen molar-refractivity contribution in [2.75, 3.05) is 13.6 Å². The Morgan fingerprint density at radius 1 is 1.14 bits per heavy atom. The van der Waals surface area contributed by atoms with Crippen LogP contribution in [-0.2, 0) is 0 Å². The van der Waals surface area contributed by atoms with Crippen LogP contribution in [0.25, 0.3) is 0 Å². The lowest BCUT2D eigenvalue weighted by molar-refractivity contribution is 0.484. The highest BCUT2D eigenvalue weighted by Gasteiger charge is 2.33. The molecule has 1 aromatic rings. The second kappa shape index (κ2) is 6.21. The number of hydrogen-bond donors (Lipinski definition) is 0. The zero-order chi connectivity index (χ0) is 14.8. The molecule has 0 amide bonds. The minimum atomic E-state index is 0.390. The predicted molar refractivity (Wildman–Crippen MR) is 89.9 cm³/mol. The van der Waals surface area contributed by atoms with Crippen molar-refractivity contribution < 1.29 is 0 Å². The van der Waals surface area contributed by atoms with E-state index in [-0.39, 0.29) is 0 Å². The summed E-state index contributed by atoms with van der Waals surface area (Å²) in [5.74, 6) is 2.11. The lowest BCUT2D eigenvalue weighted by atomic mass is 9.96. The third-order valence-corrected chi connectivity index (χ3v) is 4.94. The van der Waals surface area contributed by atoms with Crippen LogP contribution in [0.4, 0.5) is 0 Å². The Labute approximate surface area is 129 Å². The summed E-state index contributed by atoms with van der Waals surface area (Å²) in [6.07, 6.45) is 7.81. The van der Waals surface area contributed by atoms with Crippen LogP contribution in [0.5, 0.6) is 0 Å². The number of nitrogens with zero attached hydrogens (tertiary/aromatic N) is 2. The molecule has 2 fully saturated rings. The summed E-state index contributed by atoms with van der Waals surface area (Å²) in [5.41, 5.74) is 4.21. The molecule has 1 unspecified atom stereocenters. The van der Waals surface area contributed by atoms with Crippen molar-refractivity contribution >= 4 is 5.84 Å². The van der Waals surface area contributed by atoms with E-state index in [9.17, 15) is 0 Å². The molecule has 0 radical (unpaired) electrons. The van der Waals surface area contributed by atoms with E-state index < -0.39 is 0 Å². The van der Waals surface area contributed by atoms with Crippen LogP contribution >= 0.6 is 0 Å². The summed E-state index contributed by atoms with van der Waals surface area (Å²) < 4.78 is 0. The molecule has 1 aromatic carbocycles. The maximum atomic E-state index is 5.24. The maximum absolute atomic E-state index is 5.24. The largest absolute Gasteiger partial charge is 0.363 e. The maximum Gasteiger partial charge on any atom is 0.0994 e. The van der Waals surface area contributed by atoms with Gasteiger partial charge in [0.15, 0.2) is 0 Å². The molecule has 2 nitrogen and oxygen atoms in total. The van der Waals surface area contributed by atoms with Crippen LogP contribution in [-0.4, -0.2) is 24.3 Å². The van der Waals surface area contributed by atoms with Crippen LogP contribution < -0.4 is 0 Å². The Kier molecular flexibility index (Phi) is 4.32. The quantitative estimate of drug-likeness (QED) is 0.788. The van der Waals surface area contributed by atoms with E-state index in [4.69, 9.17) is 4.99 Å². The average Bonchev–Trinajstić information content (AvgIpc) is 3.26. The highest BCUT2D eigenvalue weighted by atomic mass is 15.2. The minimum Gasteiger partial charge on any atom is -0.363 e. The molecule has 1 saturated heterocycles. The summed E-state index contributed by atoms with van der Waals surface area (Å²) >= 11 is 0. The van der Waals surface area contributed by atoms with Gasteiger partial charge in [0.1, 0.15) is 0 Å². The number of benzene rings is 1. The molecule has 0 bridgehead atoms. The lowest BCUT2D eigenvalue weighted by Crippen LogP contribution is -2.26. The van der Waals surface area contributed by atoms with Gasteiger partial charge in [-0.2, -0.15) is 0 Å². The Bertz CT molecular complexity index is 528. The first-order valence-corrected chi connectivity index (χ1v) is 8.50. The first-order valence-electron chi connectivity index (χ1n) is 8.50. The Morgan fingerprint density at radius 3 is 2.67 bits per heavy atom. The summed E-state index contributed by atoms with van der Waals surface area (Å²) in [7, 11) is 2.22. The van der Waals surface area contributed by atoms with E-state index in [1.807, 2.05) is 0 Å². The molecular weight excluding hydrogens is 256 g/mol. The van der Waals surface area contributed by atoms with Gasteiger partial charge >= 0.3 is 0 Å². The van der Waals surface area contributed by atoms with Crippen molar-refractivity contribution in [1.29, 1.82) is 0 Å². The van der Waals surface area contributed by atoms with Crippen molar-refractivity contribution in [2.24, 2.45) is 10.9 Å². The smallest absolute Gasteiger partial charge is 0.0994 e. The van der Waals surface area contributed by atoms with E-state index in [0.29, 0.717) is 6.04 Å². The van der Waals surface area contributed by atoms with Crippen molar-refractivity contribution in [3.05, 3.63) is 34.9 Å². The van der Waals surface area contributed by atoms with E-state index in [0.717, 1.165) is 12.3 Å². The molecule has 0 spiro atoms. The Morgan fingerprint density at radius 2 is 1.95 bits per heavy atom. The van der Waals surface area contributed by atoms with Crippen LogP contribution in [0, 0.1) is 19.8 Å². The molecule has 1 atom stereocenters. The first-order chi connectivity index (χ1) is 10.1. The molecule has 2 aliphatic rings. The number of hydrogen-bond acceptors (Lipinski definition) is 1. The summed E-state index contributed by atoms with van der Waals surface area (Å²) in [5, 5.41) is 0. The van der Waals surface area contributed by atoms with Gasteiger partial charge in [-0.1, -0.05) is 30.2 Å². The third kappa shape index (κ3) is 3.48. The van der Waals surface area contributed by atoms with Crippen molar-refractivity contribution in [3.8, 4) is 0 Å². The van der Waals surface area contributed by atoms with Gasteiger partial charge in [0, 0.05) is 20.0 Å². The normalized spacial score (nSPS) is 23.2. The first kappa shape index (κ1) is 14.6. The molecular formula is C19H28N2. The second-order valence-electron chi connectivity index (χ2n) is 6.92. The third-order valence-electron chi connectivity index (χ3n) is 4.94. The lowest BCUT2D eigenvalue weighted by Gasteiger charge is -2.23. The monoisotopic (exact) mass is 284 g/mol. The number of amidine groups is 1. The molecule has 114 valence electrons. The van der Waals surface area contributed by atoms with Gasteiger partial charge in [-0.15, -0.1) is 0 Å². The number of rotatable bonds is 3. The molecule has 21 heavy (non-hydrogen) atoms. The second-order valence-corrected chi connectivity index (χ2v) is 6.92. The fraction of sp³-hybridized carbons (Fsp3) is 0.632. The zero-order valence-electron chi connectivity index (χ0n) is 13.7. The fourth-order valence-corrected chi connectivity index (χ4v) is 3.45. The summed E-state index contributed by atoms with van der Waals surface area (Å²) in [6.45, 7) is 5.59. The molecule has 3 rings (SSSR count). The van der Waals surface area contributed by atoms with Gasteiger partial charge in [-0.25, -0.2) is 0 Å². The summed E-state index contributed by atoms with van der Waals surface area (Å²) in [6, 6.07) is 7.26. The highest BCUT2D eigenvalue weighted by molar-refractivity contribution is 5.82. The van der Waals surface area contributed by atoms with Gasteiger partial charge in [0.25, 0.3) is 0 Å². The van der Waals surface area contributed by atoms with Crippen LogP contribution in [0.15, 0.2) is 23.2 Å². The molecule has 1 heterocycles. The van der Waals surface area contributed by atoms with E-state index in [1.54, 1.807) is 0 Å². The van der Waals surface area contributed by atoms with Gasteiger partial charge in [-0.05, 0) is 56.6 Å². The van der Waals surface area contributed by atoms with Crippen molar-refractivity contribution in [3.63, 3.8) is 0 Å². The Hall–Kier alpha value is -1.31. The fourth-order valence-electron chi connectivity index (χ4n) is 3.45. The van der Waals surface area contributed by atoms with E-state index in [1.165, 1.54) is 61.2 Å². The van der Waals surface area contributed by atoms with Gasteiger partial charge in [-0.3, -0.25) is 4.99 Å². The molecule has 1 aliphatic carbocycles. The molecule has 0 aromatic heterocycles. The average molecular weight is 284 g/mol. The van der Waals surface area contributed by atoms with Gasteiger partial charge < -0.3 is 4.90 Å². The molecule has 2 heteroatoms. The number of likely N-dealkylation sites (tertiary alicyclic amines) is 1. The SMILES string of the molecule is Cc1ccc(C(N=C2CCCCCN2C)C2CC2)c(C)c1. The molecule has 0 N–H and O–H groups in total. The highest BCUT2D eigenvalue weighted by Crippen LogP contribution is 2.44. The molecule has 1 saturated carbocycles. The number of aliphatic imine (C=N–C) groups is 1. The molecule has 1 aliphatic heterocycles. The zero-order valence-corrected chi connectivity index (χ0v) is 13.7. The summed E-state index contributed by atoms with van der Waals surface area (Å²) in [4.78, 5) is 7.64. The van der Waals surface area contributed by atoms with E-state index >= 15 is 0 Å². The minimum absolute atomic E-state index is 0.390. The van der Waals surface area contributed by atoms with Crippen LogP contribution in [0.2, 0.25) is 0 Å². The van der Waals surface area contributed by atoms with E-state index in [2.05, 4.69) is 44.0 Å². The Balaban J connectivity index is 1.90. The standard InChI is InChI=1S/C19H28N2/c1-14-8-11-17(15(2)13-14)19(16-9-10-16)20-18-7-5-4-6-12-21(18)3/h8,11,13,16,19H,4-7,9-10,12H2,1-3H3. The van der Waals surface area contributed by atoms with Crippen molar-refractivity contribution in [2.45, 2.75) is 58.4 Å². The van der Waals surface area contributed by atoms with Gasteiger partial charge in [0.05, 0.1) is 11.9 Å². The van der Waals surface area contributed by atoms with Crippen LogP contribution in [0.3, 0.4) is 0 Å². The number of aryl methyl sites for hydroxylation is 2. The topological polar surface area (TPSA) is 15.6 Å². The predicted octanol–water partition coefficient (Wildman–Crippen LogP) is 4.66. The van der Waals surface area contributed by atoms with Gasteiger partial charge in [0.2, 0.25) is 0 Å². The van der Waals surface area contributed by atoms with Crippen LogP contribution in [0.1, 0.15) is 61.3 Å².